The molecule has 0 radical (unpaired) electrons. The van der Waals surface area contributed by atoms with Crippen LogP contribution < -0.4 is 10.6 Å². The van der Waals surface area contributed by atoms with Gasteiger partial charge in [0, 0.05) is 63.3 Å². The van der Waals surface area contributed by atoms with Crippen LogP contribution in [0.15, 0.2) is 79.1 Å². The number of carbonyl (C=O) groups excluding carboxylic acids is 1. The second-order valence-corrected chi connectivity index (χ2v) is 10.7. The number of imidazole rings is 1. The number of carbonyl (C=O) groups is 1. The molecule has 1 saturated heterocycles. The maximum absolute atomic E-state index is 13.9. The Labute approximate surface area is 246 Å². The van der Waals surface area contributed by atoms with Crippen molar-refractivity contribution in [2.24, 2.45) is 7.05 Å². The number of benzene rings is 2. The van der Waals surface area contributed by atoms with Crippen molar-refractivity contribution in [1.29, 1.82) is 0 Å². The van der Waals surface area contributed by atoms with Crippen molar-refractivity contribution in [3.05, 3.63) is 90.3 Å². The number of urea groups is 1. The minimum absolute atomic E-state index is 0.0473. The van der Waals surface area contributed by atoms with E-state index in [1.807, 2.05) is 71.2 Å². The van der Waals surface area contributed by atoms with Crippen molar-refractivity contribution in [2.75, 3.05) is 43.9 Å². The molecular formula is C31H31F3N8O. The van der Waals surface area contributed by atoms with E-state index in [1.54, 1.807) is 17.8 Å². The number of aryl methyl sites for hydroxylation is 1. The van der Waals surface area contributed by atoms with Crippen molar-refractivity contribution >= 4 is 23.2 Å². The van der Waals surface area contributed by atoms with E-state index in [1.165, 1.54) is 12.1 Å². The Morgan fingerprint density at radius 2 is 1.60 bits per heavy atom. The van der Waals surface area contributed by atoms with Gasteiger partial charge in [0.05, 0.1) is 23.1 Å². The maximum atomic E-state index is 13.9. The smallest absolute Gasteiger partial charge is 0.308 e. The summed E-state index contributed by atoms with van der Waals surface area (Å²) in [5, 5.41) is 9.51. The molecule has 1 fully saturated rings. The highest BCUT2D eigenvalue weighted by atomic mass is 19.4. The van der Waals surface area contributed by atoms with Crippen molar-refractivity contribution in [3.8, 4) is 22.5 Å². The average molecular weight is 589 g/mol. The van der Waals surface area contributed by atoms with Gasteiger partial charge in [0.25, 0.3) is 0 Å². The predicted molar refractivity (Wildman–Crippen MR) is 160 cm³/mol. The van der Waals surface area contributed by atoms with Gasteiger partial charge in [0.15, 0.2) is 5.82 Å². The second kappa shape index (κ2) is 11.5. The van der Waals surface area contributed by atoms with Gasteiger partial charge in [-0.25, -0.2) is 9.78 Å². The molecule has 2 amide bonds. The molecule has 222 valence electrons. The normalized spacial score (nSPS) is 14.7. The van der Waals surface area contributed by atoms with E-state index in [9.17, 15) is 18.0 Å². The van der Waals surface area contributed by atoms with Crippen LogP contribution in [0.4, 0.5) is 29.5 Å². The van der Waals surface area contributed by atoms with Gasteiger partial charge < -0.3 is 10.2 Å². The number of alkyl halides is 3. The minimum Gasteiger partial charge on any atom is -0.308 e. The van der Waals surface area contributed by atoms with Gasteiger partial charge >= 0.3 is 12.2 Å². The maximum Gasteiger partial charge on any atom is 0.416 e. The lowest BCUT2D eigenvalue weighted by molar-refractivity contribution is -0.138. The highest BCUT2D eigenvalue weighted by molar-refractivity contribution is 5.99. The van der Waals surface area contributed by atoms with Gasteiger partial charge in [0.1, 0.15) is 5.65 Å². The number of rotatable bonds is 6. The summed E-state index contributed by atoms with van der Waals surface area (Å²) in [4.78, 5) is 21.3. The number of halogens is 3. The molecule has 1 aliphatic rings. The molecule has 0 bridgehead atoms. The standard InChI is InChI=1S/C31H31F3N8O/c1-39-13-15-41(16-14-39)20-23-10-11-24(17-25(23)31(32,33)34)36-30(43)37-28-18-26(40(2)38-28)21-6-8-22(9-7-21)27-19-35-29-5-3-4-12-42(27)29/h3-12,17-19H,13-16,20H2,1-2H3,(H2,36,37,38,43). The molecule has 3 aromatic heterocycles. The first-order chi connectivity index (χ1) is 20.6. The van der Waals surface area contributed by atoms with Crippen LogP contribution >= 0.6 is 0 Å². The Morgan fingerprint density at radius 1 is 0.884 bits per heavy atom. The molecule has 0 unspecified atom stereocenters. The molecule has 0 aliphatic carbocycles. The molecule has 4 heterocycles. The molecule has 12 heteroatoms. The highest BCUT2D eigenvalue weighted by Crippen LogP contribution is 2.35. The van der Waals surface area contributed by atoms with Crippen molar-refractivity contribution in [2.45, 2.75) is 12.7 Å². The molecule has 43 heavy (non-hydrogen) atoms. The summed E-state index contributed by atoms with van der Waals surface area (Å²) < 4.78 is 45.5. The van der Waals surface area contributed by atoms with Crippen LogP contribution in [-0.4, -0.2) is 68.2 Å². The summed E-state index contributed by atoms with van der Waals surface area (Å²) in [7, 11) is 3.75. The van der Waals surface area contributed by atoms with Gasteiger partial charge in [-0.1, -0.05) is 36.4 Å². The van der Waals surface area contributed by atoms with Crippen molar-refractivity contribution in [1.82, 2.24) is 29.0 Å². The van der Waals surface area contributed by atoms with Gasteiger partial charge in [-0.05, 0) is 42.4 Å². The molecule has 9 nitrogen and oxygen atoms in total. The summed E-state index contributed by atoms with van der Waals surface area (Å²) >= 11 is 0. The first-order valence-electron chi connectivity index (χ1n) is 13.9. The van der Waals surface area contributed by atoms with Crippen LogP contribution in [0.5, 0.6) is 0 Å². The zero-order valence-corrected chi connectivity index (χ0v) is 23.8. The number of piperazine rings is 1. The number of hydrogen-bond donors (Lipinski definition) is 2. The lowest BCUT2D eigenvalue weighted by Crippen LogP contribution is -2.44. The molecule has 5 aromatic rings. The zero-order valence-electron chi connectivity index (χ0n) is 23.8. The van der Waals surface area contributed by atoms with Crippen LogP contribution in [0.25, 0.3) is 28.2 Å². The van der Waals surface area contributed by atoms with E-state index in [-0.39, 0.29) is 23.6 Å². The fourth-order valence-electron chi connectivity index (χ4n) is 5.34. The van der Waals surface area contributed by atoms with Gasteiger partial charge in [-0.15, -0.1) is 0 Å². The van der Waals surface area contributed by atoms with Crippen LogP contribution in [0, 0.1) is 0 Å². The number of amides is 2. The second-order valence-electron chi connectivity index (χ2n) is 10.7. The number of fused-ring (bicyclic) bond motifs is 1. The highest BCUT2D eigenvalue weighted by Gasteiger charge is 2.34. The van der Waals surface area contributed by atoms with E-state index in [0.29, 0.717) is 13.1 Å². The molecule has 0 atom stereocenters. The van der Waals surface area contributed by atoms with Gasteiger partial charge in [-0.3, -0.25) is 19.3 Å². The lowest BCUT2D eigenvalue weighted by Gasteiger charge is -2.33. The minimum atomic E-state index is -4.55. The number of likely N-dealkylation sites (N-methyl/N-ethyl adjacent to an activating group) is 1. The van der Waals surface area contributed by atoms with E-state index in [2.05, 4.69) is 25.6 Å². The Hall–Kier alpha value is -4.68. The van der Waals surface area contributed by atoms with Crippen LogP contribution in [0.1, 0.15) is 11.1 Å². The third-order valence-corrected chi connectivity index (χ3v) is 7.68. The Morgan fingerprint density at radius 3 is 2.33 bits per heavy atom. The molecular weight excluding hydrogens is 557 g/mol. The zero-order chi connectivity index (χ0) is 30.1. The Bertz CT molecular complexity index is 1750. The molecule has 1 aliphatic heterocycles. The third kappa shape index (κ3) is 6.25. The molecule has 2 aromatic carbocycles. The first kappa shape index (κ1) is 28.4. The predicted octanol–water partition coefficient (Wildman–Crippen LogP) is 5.81. The van der Waals surface area contributed by atoms with Crippen LogP contribution in [-0.2, 0) is 19.8 Å². The molecule has 0 saturated carbocycles. The molecule has 2 N–H and O–H groups in total. The number of nitrogens with zero attached hydrogens (tertiary/aromatic N) is 6. The quantitative estimate of drug-likeness (QED) is 0.262. The lowest BCUT2D eigenvalue weighted by atomic mass is 10.0. The molecule has 6 rings (SSSR count). The number of nitrogens with one attached hydrogen (secondary N) is 2. The van der Waals surface area contributed by atoms with Crippen molar-refractivity contribution < 1.29 is 18.0 Å². The van der Waals surface area contributed by atoms with E-state index in [0.717, 1.165) is 47.3 Å². The summed E-state index contributed by atoms with van der Waals surface area (Å²) in [6.07, 6.45) is -0.761. The van der Waals surface area contributed by atoms with E-state index in [4.69, 9.17) is 0 Å². The topological polar surface area (TPSA) is 82.7 Å². The SMILES string of the molecule is CN1CCN(Cc2ccc(NC(=O)Nc3cc(-c4ccc(-c5cnc6ccccn56)cc4)n(C)n3)cc2C(F)(F)F)CC1. The molecule has 0 spiro atoms. The monoisotopic (exact) mass is 588 g/mol. The largest absolute Gasteiger partial charge is 0.416 e. The third-order valence-electron chi connectivity index (χ3n) is 7.68. The van der Waals surface area contributed by atoms with Crippen LogP contribution in [0.2, 0.25) is 0 Å². The van der Waals surface area contributed by atoms with E-state index < -0.39 is 17.8 Å². The summed E-state index contributed by atoms with van der Waals surface area (Å²) in [6, 6.07) is 18.7. The first-order valence-corrected chi connectivity index (χ1v) is 13.9. The Kier molecular flexibility index (Phi) is 7.63. The number of aromatic nitrogens is 4. The number of pyridine rings is 1. The number of anilines is 2. The Balaban J connectivity index is 1.13. The van der Waals surface area contributed by atoms with E-state index >= 15 is 0 Å². The number of hydrogen-bond acceptors (Lipinski definition) is 5. The fraction of sp³-hybridized carbons (Fsp3) is 0.258. The summed E-state index contributed by atoms with van der Waals surface area (Å²) in [6.45, 7) is 3.23. The van der Waals surface area contributed by atoms with Crippen LogP contribution in [0.3, 0.4) is 0 Å². The summed E-state index contributed by atoms with van der Waals surface area (Å²) in [5.41, 5.74) is 3.94. The van der Waals surface area contributed by atoms with Gasteiger partial charge in [-0.2, -0.15) is 18.3 Å². The van der Waals surface area contributed by atoms with Gasteiger partial charge in [0.2, 0.25) is 0 Å². The van der Waals surface area contributed by atoms with Crippen molar-refractivity contribution in [3.63, 3.8) is 0 Å². The average Bonchev–Trinajstić information content (AvgIpc) is 3.57. The fourth-order valence-corrected chi connectivity index (χ4v) is 5.34. The summed E-state index contributed by atoms with van der Waals surface area (Å²) in [5.74, 6) is 0.267.